The molecule has 2 aromatic carbocycles. The minimum atomic E-state index is -0.554. The molecule has 5 rings (SSSR count). The number of aromatic nitrogens is 1. The third-order valence-electron chi connectivity index (χ3n) is 8.19. The van der Waals surface area contributed by atoms with Crippen LogP contribution in [-0.4, -0.2) is 63.7 Å². The van der Waals surface area contributed by atoms with E-state index in [9.17, 15) is 19.2 Å². The number of likely N-dealkylation sites (tertiary alicyclic amines) is 2. The van der Waals surface area contributed by atoms with Gasteiger partial charge in [-0.2, -0.15) is 0 Å². The zero-order valence-electron chi connectivity index (χ0n) is 24.9. The van der Waals surface area contributed by atoms with Gasteiger partial charge in [-0.1, -0.05) is 66.7 Å². The quantitative estimate of drug-likeness (QED) is 0.285. The molecule has 0 saturated carbocycles. The molecule has 0 spiro atoms. The van der Waals surface area contributed by atoms with E-state index in [0.29, 0.717) is 38.8 Å². The monoisotopic (exact) mass is 597 g/mol. The van der Waals surface area contributed by atoms with Gasteiger partial charge >= 0.3 is 11.9 Å². The molecule has 9 heteroatoms. The molecule has 1 aromatic heterocycles. The summed E-state index contributed by atoms with van der Waals surface area (Å²) in [4.78, 5) is 59.6. The number of aryl methyl sites for hydroxylation is 2. The van der Waals surface area contributed by atoms with E-state index in [2.05, 4.69) is 4.98 Å². The first-order chi connectivity index (χ1) is 21.5. The van der Waals surface area contributed by atoms with Gasteiger partial charge in [0, 0.05) is 37.3 Å². The number of nitrogens with zero attached hydrogens (tertiary/aromatic N) is 3. The molecule has 2 aliphatic heterocycles. The molecule has 0 radical (unpaired) electrons. The van der Waals surface area contributed by atoms with Crippen molar-refractivity contribution >= 4 is 23.8 Å². The molecule has 0 N–H and O–H groups in total. The van der Waals surface area contributed by atoms with Gasteiger partial charge in [0.2, 0.25) is 11.8 Å². The van der Waals surface area contributed by atoms with Crippen molar-refractivity contribution in [1.29, 1.82) is 0 Å². The lowest BCUT2D eigenvalue weighted by Crippen LogP contribution is -2.41. The second kappa shape index (κ2) is 15.3. The number of esters is 2. The summed E-state index contributed by atoms with van der Waals surface area (Å²) in [5.41, 5.74) is 3.33. The highest BCUT2D eigenvalue weighted by molar-refractivity contribution is 5.86. The molecule has 44 heavy (non-hydrogen) atoms. The van der Waals surface area contributed by atoms with Gasteiger partial charge in [0.25, 0.3) is 0 Å². The Labute approximate surface area is 258 Å². The smallest absolute Gasteiger partial charge is 0.329 e. The molecular weight excluding hydrogens is 558 g/mol. The number of hydrogen-bond acceptors (Lipinski definition) is 7. The minimum Gasteiger partial charge on any atom is -0.459 e. The first-order valence-corrected chi connectivity index (χ1v) is 15.4. The molecule has 3 heterocycles. The van der Waals surface area contributed by atoms with Crippen molar-refractivity contribution in [3.8, 4) is 0 Å². The van der Waals surface area contributed by atoms with E-state index in [0.717, 1.165) is 35.4 Å². The van der Waals surface area contributed by atoms with Gasteiger partial charge in [0.15, 0.2) is 0 Å². The second-order valence-electron chi connectivity index (χ2n) is 11.3. The number of rotatable bonds is 12. The predicted molar refractivity (Wildman–Crippen MR) is 163 cm³/mol. The first-order valence-electron chi connectivity index (χ1n) is 15.4. The summed E-state index contributed by atoms with van der Waals surface area (Å²) in [7, 11) is 0. The molecule has 2 amide bonds. The third-order valence-corrected chi connectivity index (χ3v) is 8.19. The van der Waals surface area contributed by atoms with Crippen LogP contribution in [-0.2, 0) is 54.7 Å². The average molecular weight is 598 g/mol. The maximum Gasteiger partial charge on any atom is 0.329 e. The molecule has 2 unspecified atom stereocenters. The SMILES string of the molecule is O=C(OCc1ccccc1)C1CCCN1C(=O)CCc1cccc(CCC(=O)N2CCCC2C(=O)OCc2ccccc2)n1. The summed E-state index contributed by atoms with van der Waals surface area (Å²) in [6.45, 7) is 1.45. The van der Waals surface area contributed by atoms with E-state index in [-0.39, 0.29) is 49.8 Å². The Hall–Kier alpha value is -4.53. The number of ether oxygens (including phenoxy) is 2. The number of benzene rings is 2. The maximum atomic E-state index is 13.1. The Balaban J connectivity index is 1.07. The van der Waals surface area contributed by atoms with E-state index in [1.807, 2.05) is 78.9 Å². The minimum absolute atomic E-state index is 0.0919. The van der Waals surface area contributed by atoms with Crippen LogP contribution in [0.4, 0.5) is 0 Å². The van der Waals surface area contributed by atoms with Crippen LogP contribution in [0.1, 0.15) is 61.0 Å². The largest absolute Gasteiger partial charge is 0.459 e. The Morgan fingerprint density at radius 2 is 1.05 bits per heavy atom. The van der Waals surface area contributed by atoms with Gasteiger partial charge in [-0.3, -0.25) is 14.6 Å². The van der Waals surface area contributed by atoms with Crippen LogP contribution in [0.3, 0.4) is 0 Å². The molecule has 2 fully saturated rings. The van der Waals surface area contributed by atoms with Crippen molar-refractivity contribution in [1.82, 2.24) is 14.8 Å². The predicted octanol–water partition coefficient (Wildman–Crippen LogP) is 4.42. The normalized spacial score (nSPS) is 17.8. The van der Waals surface area contributed by atoms with Crippen LogP contribution >= 0.6 is 0 Å². The van der Waals surface area contributed by atoms with Crippen molar-refractivity contribution in [2.45, 2.75) is 76.7 Å². The lowest BCUT2D eigenvalue weighted by Gasteiger charge is -2.23. The van der Waals surface area contributed by atoms with E-state index >= 15 is 0 Å². The van der Waals surface area contributed by atoms with Crippen molar-refractivity contribution in [2.24, 2.45) is 0 Å². The van der Waals surface area contributed by atoms with Crippen LogP contribution in [0.5, 0.6) is 0 Å². The van der Waals surface area contributed by atoms with E-state index in [1.165, 1.54) is 0 Å². The number of amides is 2. The number of hydrogen-bond donors (Lipinski definition) is 0. The molecule has 0 aliphatic carbocycles. The highest BCUT2D eigenvalue weighted by atomic mass is 16.5. The lowest BCUT2D eigenvalue weighted by molar-refractivity contribution is -0.154. The summed E-state index contributed by atoms with van der Waals surface area (Å²) in [5.74, 6) is -0.917. The van der Waals surface area contributed by atoms with Crippen molar-refractivity contribution in [2.75, 3.05) is 13.1 Å². The average Bonchev–Trinajstić information content (AvgIpc) is 3.76. The summed E-state index contributed by atoms with van der Waals surface area (Å²) in [6.07, 6.45) is 4.07. The summed E-state index contributed by atoms with van der Waals surface area (Å²) in [6, 6.07) is 23.5. The van der Waals surface area contributed by atoms with Crippen molar-refractivity contribution < 1.29 is 28.7 Å². The van der Waals surface area contributed by atoms with Crippen LogP contribution in [0, 0.1) is 0 Å². The molecule has 230 valence electrons. The molecule has 2 atom stereocenters. The third kappa shape index (κ3) is 8.30. The van der Waals surface area contributed by atoms with E-state index in [4.69, 9.17) is 9.47 Å². The fourth-order valence-corrected chi connectivity index (χ4v) is 5.84. The van der Waals surface area contributed by atoms with Gasteiger partial charge in [-0.05, 0) is 61.8 Å². The zero-order chi connectivity index (χ0) is 30.7. The molecule has 2 aliphatic rings. The Morgan fingerprint density at radius 1 is 0.614 bits per heavy atom. The van der Waals surface area contributed by atoms with Crippen LogP contribution in [0.15, 0.2) is 78.9 Å². The Kier molecular flexibility index (Phi) is 10.7. The van der Waals surface area contributed by atoms with Crippen LogP contribution < -0.4 is 0 Å². The summed E-state index contributed by atoms with van der Waals surface area (Å²) >= 11 is 0. The molecule has 0 bridgehead atoms. The highest BCUT2D eigenvalue weighted by Gasteiger charge is 2.36. The van der Waals surface area contributed by atoms with Gasteiger partial charge in [-0.15, -0.1) is 0 Å². The first kappa shape index (κ1) is 30.9. The Bertz CT molecular complexity index is 1330. The molecule has 9 nitrogen and oxygen atoms in total. The topological polar surface area (TPSA) is 106 Å². The van der Waals surface area contributed by atoms with Gasteiger partial charge in [0.1, 0.15) is 25.3 Å². The number of carbonyl (C=O) groups excluding carboxylic acids is 4. The maximum absolute atomic E-state index is 13.1. The van der Waals surface area contributed by atoms with Gasteiger partial charge in [-0.25, -0.2) is 9.59 Å². The zero-order valence-corrected chi connectivity index (χ0v) is 24.9. The second-order valence-corrected chi connectivity index (χ2v) is 11.3. The van der Waals surface area contributed by atoms with Crippen LogP contribution in [0.25, 0.3) is 0 Å². The summed E-state index contributed by atoms with van der Waals surface area (Å²) in [5, 5.41) is 0. The lowest BCUT2D eigenvalue weighted by atomic mass is 10.1. The Morgan fingerprint density at radius 3 is 1.48 bits per heavy atom. The van der Waals surface area contributed by atoms with Crippen molar-refractivity contribution in [3.05, 3.63) is 101 Å². The van der Waals surface area contributed by atoms with Crippen molar-refractivity contribution in [3.63, 3.8) is 0 Å². The highest BCUT2D eigenvalue weighted by Crippen LogP contribution is 2.22. The summed E-state index contributed by atoms with van der Waals surface area (Å²) < 4.78 is 11.0. The molecule has 3 aromatic rings. The molecular formula is C35H39N3O6. The molecule has 2 saturated heterocycles. The fourth-order valence-electron chi connectivity index (χ4n) is 5.84. The van der Waals surface area contributed by atoms with E-state index < -0.39 is 12.1 Å². The van der Waals surface area contributed by atoms with Gasteiger partial charge < -0.3 is 19.3 Å². The van der Waals surface area contributed by atoms with Gasteiger partial charge in [0.05, 0.1) is 0 Å². The van der Waals surface area contributed by atoms with Crippen LogP contribution in [0.2, 0.25) is 0 Å². The number of carbonyl (C=O) groups is 4. The standard InChI is InChI=1S/C35H39N3O6/c39-32(37-22-8-16-30(37)34(41)43-24-26-10-3-1-4-11-26)20-18-28-14-7-15-29(36-28)19-21-33(40)38-23-9-17-31(38)35(42)44-25-27-12-5-2-6-13-27/h1-7,10-15,30-31H,8-9,16-25H2. The van der Waals surface area contributed by atoms with E-state index in [1.54, 1.807) is 9.80 Å². The fraction of sp³-hybridized carbons (Fsp3) is 0.400. The number of pyridine rings is 1.